The minimum atomic E-state index is 0.178. The van der Waals surface area contributed by atoms with Gasteiger partial charge in [-0.05, 0) is 37.6 Å². The van der Waals surface area contributed by atoms with Gasteiger partial charge in [-0.2, -0.15) is 5.10 Å². The number of aromatic nitrogens is 1. The summed E-state index contributed by atoms with van der Waals surface area (Å²) in [4.78, 5) is 6.31. The number of rotatable bonds is 6. The van der Waals surface area contributed by atoms with Gasteiger partial charge in [-0.15, -0.1) is 0 Å². The van der Waals surface area contributed by atoms with Crippen molar-refractivity contribution in [1.82, 2.24) is 4.98 Å². The number of halogens is 3. The molecule has 4 nitrogen and oxygen atoms in total. The van der Waals surface area contributed by atoms with E-state index in [2.05, 4.69) is 46.4 Å². The summed E-state index contributed by atoms with van der Waals surface area (Å²) in [6.45, 7) is 6.23. The Morgan fingerprint density at radius 3 is 2.35 bits per heavy atom. The highest BCUT2D eigenvalue weighted by molar-refractivity contribution is 6.42. The van der Waals surface area contributed by atoms with Gasteiger partial charge in [0.1, 0.15) is 5.15 Å². The molecule has 0 unspecified atom stereocenters. The quantitative estimate of drug-likeness (QED) is 0.423. The third kappa shape index (κ3) is 4.74. The third-order valence-electron chi connectivity index (χ3n) is 3.29. The van der Waals surface area contributed by atoms with Gasteiger partial charge in [0.05, 0.1) is 16.3 Å². The molecule has 122 valence electrons. The van der Waals surface area contributed by atoms with E-state index in [4.69, 9.17) is 34.8 Å². The molecule has 0 aliphatic carbocycles. The van der Waals surface area contributed by atoms with E-state index in [-0.39, 0.29) is 5.15 Å². The molecule has 1 aromatic carbocycles. The maximum absolute atomic E-state index is 6.02. The Labute approximate surface area is 151 Å². The van der Waals surface area contributed by atoms with Crippen LogP contribution in [0.5, 0.6) is 0 Å². The second kappa shape index (κ2) is 8.39. The molecule has 0 aliphatic rings. The average molecular weight is 372 g/mol. The fraction of sp³-hybridized carbons (Fsp3) is 0.250. The minimum absolute atomic E-state index is 0.178. The second-order valence-electron chi connectivity index (χ2n) is 4.73. The summed E-state index contributed by atoms with van der Waals surface area (Å²) in [6.07, 6.45) is 1.69. The molecule has 0 saturated heterocycles. The number of nitrogens with one attached hydrogen (secondary N) is 1. The Kier molecular flexibility index (Phi) is 6.51. The first-order chi connectivity index (χ1) is 11.0. The molecule has 0 bridgehead atoms. The summed E-state index contributed by atoms with van der Waals surface area (Å²) in [7, 11) is 0. The molecule has 0 spiro atoms. The maximum Gasteiger partial charge on any atom is 0.166 e. The highest BCUT2D eigenvalue weighted by Gasteiger charge is 2.06. The van der Waals surface area contributed by atoms with Crippen molar-refractivity contribution in [2.45, 2.75) is 13.8 Å². The topological polar surface area (TPSA) is 40.5 Å². The number of hydrazone groups is 1. The van der Waals surface area contributed by atoms with Crippen molar-refractivity contribution in [3.05, 3.63) is 51.1 Å². The van der Waals surface area contributed by atoms with Gasteiger partial charge >= 0.3 is 0 Å². The van der Waals surface area contributed by atoms with Crippen LogP contribution in [0.25, 0.3) is 0 Å². The van der Waals surface area contributed by atoms with Crippen LogP contribution in [-0.2, 0) is 0 Å². The molecular weight excluding hydrogens is 355 g/mol. The van der Waals surface area contributed by atoms with Crippen molar-refractivity contribution in [3.63, 3.8) is 0 Å². The molecule has 0 fully saturated rings. The fourth-order valence-electron chi connectivity index (χ4n) is 2.05. The molecule has 23 heavy (non-hydrogen) atoms. The molecule has 2 rings (SSSR count). The van der Waals surface area contributed by atoms with Crippen molar-refractivity contribution < 1.29 is 0 Å². The predicted molar refractivity (Wildman–Crippen MR) is 100 cm³/mol. The Balaban J connectivity index is 2.05. The van der Waals surface area contributed by atoms with Gasteiger partial charge in [-0.25, -0.2) is 4.98 Å². The lowest BCUT2D eigenvalue weighted by Gasteiger charge is -2.20. The summed E-state index contributed by atoms with van der Waals surface area (Å²) >= 11 is 17.7. The molecule has 0 atom stereocenters. The van der Waals surface area contributed by atoms with Gasteiger partial charge in [-0.3, -0.25) is 5.43 Å². The maximum atomic E-state index is 6.02. The number of hydrogen-bond acceptors (Lipinski definition) is 4. The molecule has 0 radical (unpaired) electrons. The lowest BCUT2D eigenvalue weighted by molar-refractivity contribution is 0.866. The Morgan fingerprint density at radius 2 is 1.74 bits per heavy atom. The van der Waals surface area contributed by atoms with E-state index in [1.807, 2.05) is 12.1 Å². The summed E-state index contributed by atoms with van der Waals surface area (Å²) in [5, 5.41) is 4.96. The Morgan fingerprint density at radius 1 is 1.09 bits per heavy atom. The zero-order valence-corrected chi connectivity index (χ0v) is 15.1. The molecule has 1 heterocycles. The largest absolute Gasteiger partial charge is 0.372 e. The van der Waals surface area contributed by atoms with E-state index in [1.165, 1.54) is 11.8 Å². The van der Waals surface area contributed by atoms with Crippen LogP contribution >= 0.6 is 34.8 Å². The number of hydrogen-bond donors (Lipinski definition) is 1. The summed E-state index contributed by atoms with van der Waals surface area (Å²) in [6, 6.07) is 9.66. The minimum Gasteiger partial charge on any atom is -0.372 e. The average Bonchev–Trinajstić information content (AvgIpc) is 2.55. The smallest absolute Gasteiger partial charge is 0.166 e. The molecule has 0 amide bonds. The third-order valence-corrected chi connectivity index (χ3v) is 4.25. The van der Waals surface area contributed by atoms with Crippen molar-refractivity contribution >= 4 is 52.5 Å². The van der Waals surface area contributed by atoms with Gasteiger partial charge in [0.15, 0.2) is 5.82 Å². The zero-order valence-electron chi connectivity index (χ0n) is 12.9. The van der Waals surface area contributed by atoms with Crippen molar-refractivity contribution in [2.75, 3.05) is 23.4 Å². The molecule has 2 aromatic rings. The molecule has 0 saturated carbocycles. The van der Waals surface area contributed by atoms with Crippen LogP contribution in [0, 0.1) is 0 Å². The van der Waals surface area contributed by atoms with Crippen LogP contribution in [-0.4, -0.2) is 24.3 Å². The number of nitrogens with zero attached hydrogens (tertiary/aromatic N) is 3. The molecule has 7 heteroatoms. The highest BCUT2D eigenvalue weighted by Crippen LogP contribution is 2.28. The predicted octanol–water partition coefficient (Wildman–Crippen LogP) is 5.33. The van der Waals surface area contributed by atoms with Crippen molar-refractivity contribution in [1.29, 1.82) is 0 Å². The molecular formula is C16H17Cl3N4. The zero-order chi connectivity index (χ0) is 16.8. The monoisotopic (exact) mass is 370 g/mol. The van der Waals surface area contributed by atoms with Gasteiger partial charge in [0, 0.05) is 18.8 Å². The van der Waals surface area contributed by atoms with Gasteiger partial charge in [0.2, 0.25) is 0 Å². The van der Waals surface area contributed by atoms with Crippen LogP contribution in [0.4, 0.5) is 11.5 Å². The first-order valence-electron chi connectivity index (χ1n) is 7.20. The van der Waals surface area contributed by atoms with Crippen molar-refractivity contribution in [2.24, 2.45) is 5.10 Å². The lowest BCUT2D eigenvalue weighted by Crippen LogP contribution is -2.21. The van der Waals surface area contributed by atoms with E-state index >= 15 is 0 Å². The lowest BCUT2D eigenvalue weighted by atomic mass is 10.2. The normalized spacial score (nSPS) is 11.0. The van der Waals surface area contributed by atoms with E-state index in [0.29, 0.717) is 15.9 Å². The van der Waals surface area contributed by atoms with E-state index in [1.54, 1.807) is 6.21 Å². The van der Waals surface area contributed by atoms with Gasteiger partial charge in [-0.1, -0.05) is 46.9 Å². The Bertz CT molecular complexity index is 682. The van der Waals surface area contributed by atoms with Crippen LogP contribution in [0.2, 0.25) is 15.2 Å². The number of pyridine rings is 1. The molecule has 1 N–H and O–H groups in total. The van der Waals surface area contributed by atoms with E-state index in [9.17, 15) is 0 Å². The standard InChI is InChI=1S/C16H17Cl3N4/c1-3-23(4-2)12-7-5-11(6-8-12)10-20-22-16-14(18)9-13(17)15(19)21-16/h5-10H,3-4H2,1-2H3,(H,21,22)/b20-10-. The summed E-state index contributed by atoms with van der Waals surface area (Å²) < 4.78 is 0. The first kappa shape index (κ1) is 17.9. The number of benzene rings is 1. The first-order valence-corrected chi connectivity index (χ1v) is 8.34. The van der Waals surface area contributed by atoms with Gasteiger partial charge < -0.3 is 4.90 Å². The molecule has 1 aromatic heterocycles. The highest BCUT2D eigenvalue weighted by atomic mass is 35.5. The summed E-state index contributed by atoms with van der Waals surface area (Å²) in [5.41, 5.74) is 4.91. The van der Waals surface area contributed by atoms with E-state index in [0.717, 1.165) is 18.7 Å². The van der Waals surface area contributed by atoms with Crippen LogP contribution < -0.4 is 10.3 Å². The second-order valence-corrected chi connectivity index (χ2v) is 5.90. The van der Waals surface area contributed by atoms with Crippen LogP contribution in [0.3, 0.4) is 0 Å². The summed E-state index contributed by atoms with van der Waals surface area (Å²) in [5.74, 6) is 0.358. The number of anilines is 2. The van der Waals surface area contributed by atoms with Crippen LogP contribution in [0.1, 0.15) is 19.4 Å². The molecule has 0 aliphatic heterocycles. The fourth-order valence-corrected chi connectivity index (χ4v) is 2.59. The SMILES string of the molecule is CCN(CC)c1ccc(/C=N\Nc2nc(Cl)c(Cl)cc2Cl)cc1. The van der Waals surface area contributed by atoms with Crippen LogP contribution in [0.15, 0.2) is 35.4 Å². The van der Waals surface area contributed by atoms with Crippen molar-refractivity contribution in [3.8, 4) is 0 Å². The Hall–Kier alpha value is -1.49. The van der Waals surface area contributed by atoms with E-state index < -0.39 is 0 Å². The van der Waals surface area contributed by atoms with Gasteiger partial charge in [0.25, 0.3) is 0 Å².